The summed E-state index contributed by atoms with van der Waals surface area (Å²) in [6.45, 7) is 2.68. The smallest absolute Gasteiger partial charge is 0.257 e. The van der Waals surface area contributed by atoms with E-state index in [1.54, 1.807) is 30.0 Å². The van der Waals surface area contributed by atoms with Gasteiger partial charge in [0.2, 0.25) is 0 Å². The van der Waals surface area contributed by atoms with Crippen LogP contribution in [0, 0.1) is 0 Å². The van der Waals surface area contributed by atoms with Gasteiger partial charge in [-0.2, -0.15) is 0 Å². The van der Waals surface area contributed by atoms with E-state index in [1.165, 1.54) is 36.3 Å². The van der Waals surface area contributed by atoms with Gasteiger partial charge in [-0.3, -0.25) is 14.4 Å². The Hall–Kier alpha value is -3.59. The Kier molecular flexibility index (Phi) is 6.50. The van der Waals surface area contributed by atoms with Crippen LogP contribution in [0.5, 0.6) is 5.75 Å². The first kappa shape index (κ1) is 22.6. The zero-order valence-corrected chi connectivity index (χ0v) is 19.0. The molecule has 1 unspecified atom stereocenters. The van der Waals surface area contributed by atoms with Crippen LogP contribution in [-0.2, 0) is 13.0 Å². The van der Waals surface area contributed by atoms with E-state index < -0.39 is 0 Å². The van der Waals surface area contributed by atoms with Crippen molar-refractivity contribution in [2.75, 3.05) is 20.2 Å². The molecule has 0 spiro atoms. The highest BCUT2D eigenvalue weighted by Crippen LogP contribution is 2.25. The third-order valence-corrected chi connectivity index (χ3v) is 5.83. The number of pyridine rings is 2. The third kappa shape index (κ3) is 4.63. The molecule has 1 aliphatic heterocycles. The van der Waals surface area contributed by atoms with E-state index in [2.05, 4.69) is 10.3 Å². The summed E-state index contributed by atoms with van der Waals surface area (Å²) in [6, 6.07) is 7.53. The lowest BCUT2D eigenvalue weighted by molar-refractivity contribution is 0.0759. The number of amides is 2. The largest absolute Gasteiger partial charge is 0.496 e. The zero-order chi connectivity index (χ0) is 23.5. The molecule has 1 aliphatic rings. The van der Waals surface area contributed by atoms with Crippen LogP contribution in [0.4, 0.5) is 0 Å². The number of ether oxygens (including phenoxy) is 1. The van der Waals surface area contributed by atoms with E-state index in [4.69, 9.17) is 20.8 Å². The number of hydrogen-bond acceptors (Lipinski definition) is 6. The Morgan fingerprint density at radius 3 is 2.76 bits per heavy atom. The standard InChI is InChI=1S/C23H23ClN4O5/c1-14(17-4-3-11-33-17)26-22(30)21-16-6-8-27(23(31)15-5-7-25-19(24)12-15)9-10-28(16)20(29)13-18(21)32-2/h3-5,7,11-14H,6,8-10H2,1-2H3,(H,26,30). The number of halogens is 1. The molecule has 1 N–H and O–H groups in total. The fourth-order valence-corrected chi connectivity index (χ4v) is 4.13. The van der Waals surface area contributed by atoms with Gasteiger partial charge in [-0.15, -0.1) is 0 Å². The molecule has 4 heterocycles. The maximum absolute atomic E-state index is 13.2. The highest BCUT2D eigenvalue weighted by atomic mass is 35.5. The van der Waals surface area contributed by atoms with E-state index in [9.17, 15) is 14.4 Å². The van der Waals surface area contributed by atoms with Crippen molar-refractivity contribution in [3.8, 4) is 5.75 Å². The minimum absolute atomic E-state index is 0.191. The van der Waals surface area contributed by atoms with Gasteiger partial charge < -0.3 is 23.9 Å². The number of nitrogens with zero attached hydrogens (tertiary/aromatic N) is 3. The van der Waals surface area contributed by atoms with Crippen molar-refractivity contribution < 1.29 is 18.7 Å². The van der Waals surface area contributed by atoms with Crippen molar-refractivity contribution in [2.45, 2.75) is 25.9 Å². The molecule has 0 radical (unpaired) electrons. The second-order valence-corrected chi connectivity index (χ2v) is 8.03. The first-order valence-electron chi connectivity index (χ1n) is 10.4. The molecule has 9 nitrogen and oxygen atoms in total. The van der Waals surface area contributed by atoms with E-state index in [0.29, 0.717) is 36.5 Å². The molecule has 0 aliphatic carbocycles. The van der Waals surface area contributed by atoms with Gasteiger partial charge in [0.05, 0.1) is 19.4 Å². The van der Waals surface area contributed by atoms with Gasteiger partial charge in [0.25, 0.3) is 17.4 Å². The Morgan fingerprint density at radius 2 is 2.06 bits per heavy atom. The molecule has 10 heteroatoms. The highest BCUT2D eigenvalue weighted by molar-refractivity contribution is 6.29. The number of fused-ring (bicyclic) bond motifs is 1. The second-order valence-electron chi connectivity index (χ2n) is 7.64. The average molecular weight is 471 g/mol. The lowest BCUT2D eigenvalue weighted by Crippen LogP contribution is -2.34. The monoisotopic (exact) mass is 470 g/mol. The number of carbonyl (C=O) groups excluding carboxylic acids is 2. The summed E-state index contributed by atoms with van der Waals surface area (Å²) in [6.07, 6.45) is 3.31. The Labute approximate surface area is 194 Å². The van der Waals surface area contributed by atoms with Crippen molar-refractivity contribution in [3.63, 3.8) is 0 Å². The van der Waals surface area contributed by atoms with Gasteiger partial charge >= 0.3 is 0 Å². The molecule has 4 rings (SSSR count). The van der Waals surface area contributed by atoms with Crippen LogP contribution in [0.3, 0.4) is 0 Å². The SMILES string of the molecule is COc1cc(=O)n2c(c1C(=O)NC(C)c1ccco1)CCN(C(=O)c1ccnc(Cl)c1)CC2. The van der Waals surface area contributed by atoms with Crippen LogP contribution in [0.15, 0.2) is 52.0 Å². The molecule has 0 saturated carbocycles. The molecule has 2 amide bonds. The van der Waals surface area contributed by atoms with Gasteiger partial charge in [0.15, 0.2) is 0 Å². The number of hydrogen-bond donors (Lipinski definition) is 1. The van der Waals surface area contributed by atoms with Crippen molar-refractivity contribution in [1.29, 1.82) is 0 Å². The molecular weight excluding hydrogens is 448 g/mol. The normalized spacial score (nSPS) is 14.2. The van der Waals surface area contributed by atoms with Gasteiger partial charge in [-0.1, -0.05) is 11.6 Å². The summed E-state index contributed by atoms with van der Waals surface area (Å²) in [4.78, 5) is 44.6. The Balaban J connectivity index is 1.64. The van der Waals surface area contributed by atoms with Crippen LogP contribution >= 0.6 is 11.6 Å². The second kappa shape index (κ2) is 9.50. The maximum atomic E-state index is 13.2. The predicted molar refractivity (Wildman–Crippen MR) is 121 cm³/mol. The molecule has 33 heavy (non-hydrogen) atoms. The minimum atomic E-state index is -0.389. The van der Waals surface area contributed by atoms with Gasteiger partial charge in [-0.05, 0) is 31.2 Å². The molecular formula is C23H23ClN4O5. The minimum Gasteiger partial charge on any atom is -0.496 e. The summed E-state index contributed by atoms with van der Waals surface area (Å²) in [5.74, 6) is 0.190. The van der Waals surface area contributed by atoms with Gasteiger partial charge in [0.1, 0.15) is 22.2 Å². The predicted octanol–water partition coefficient (Wildman–Crippen LogP) is 2.69. The summed E-state index contributed by atoms with van der Waals surface area (Å²) < 4.78 is 12.3. The summed E-state index contributed by atoms with van der Waals surface area (Å²) >= 11 is 5.93. The number of carbonyl (C=O) groups is 2. The van der Waals surface area contributed by atoms with Crippen molar-refractivity contribution >= 4 is 23.4 Å². The number of methoxy groups -OCH3 is 1. The first-order chi connectivity index (χ1) is 15.9. The van der Waals surface area contributed by atoms with Crippen molar-refractivity contribution in [3.05, 3.63) is 80.9 Å². The number of aromatic nitrogens is 2. The molecule has 0 fully saturated rings. The molecule has 172 valence electrons. The number of furan rings is 1. The van der Waals surface area contributed by atoms with Crippen LogP contribution in [0.1, 0.15) is 45.1 Å². The van der Waals surface area contributed by atoms with Crippen molar-refractivity contribution in [1.82, 2.24) is 19.8 Å². The first-order valence-corrected chi connectivity index (χ1v) is 10.8. The summed E-state index contributed by atoms with van der Waals surface area (Å²) in [7, 11) is 1.41. The Morgan fingerprint density at radius 1 is 1.24 bits per heavy atom. The van der Waals surface area contributed by atoms with Crippen LogP contribution in [-0.4, -0.2) is 46.5 Å². The van der Waals surface area contributed by atoms with E-state index in [-0.39, 0.29) is 46.4 Å². The molecule has 0 bridgehead atoms. The maximum Gasteiger partial charge on any atom is 0.257 e. The lowest BCUT2D eigenvalue weighted by Gasteiger charge is -2.20. The molecule has 0 saturated heterocycles. The fraction of sp³-hybridized carbons (Fsp3) is 0.304. The molecule has 3 aromatic rings. The highest BCUT2D eigenvalue weighted by Gasteiger charge is 2.28. The van der Waals surface area contributed by atoms with E-state index in [0.717, 1.165) is 0 Å². The van der Waals surface area contributed by atoms with Crippen LogP contribution in [0.2, 0.25) is 5.15 Å². The zero-order valence-electron chi connectivity index (χ0n) is 18.2. The lowest BCUT2D eigenvalue weighted by atomic mass is 10.1. The summed E-state index contributed by atoms with van der Waals surface area (Å²) in [5.41, 5.74) is 0.915. The summed E-state index contributed by atoms with van der Waals surface area (Å²) in [5, 5.41) is 3.13. The van der Waals surface area contributed by atoms with Crippen LogP contribution < -0.4 is 15.6 Å². The van der Waals surface area contributed by atoms with Crippen LogP contribution in [0.25, 0.3) is 0 Å². The van der Waals surface area contributed by atoms with E-state index >= 15 is 0 Å². The number of nitrogens with one attached hydrogen (secondary N) is 1. The average Bonchev–Trinajstić information content (AvgIpc) is 3.25. The topological polar surface area (TPSA) is 107 Å². The van der Waals surface area contributed by atoms with Crippen molar-refractivity contribution in [2.24, 2.45) is 0 Å². The quantitative estimate of drug-likeness (QED) is 0.574. The molecule has 1 atom stereocenters. The van der Waals surface area contributed by atoms with Gasteiger partial charge in [-0.25, -0.2) is 4.98 Å². The van der Waals surface area contributed by atoms with E-state index in [1.807, 2.05) is 0 Å². The number of rotatable bonds is 5. The third-order valence-electron chi connectivity index (χ3n) is 5.62. The van der Waals surface area contributed by atoms with Gasteiger partial charge in [0, 0.05) is 49.6 Å². The Bertz CT molecular complexity index is 1240. The molecule has 0 aromatic carbocycles. The fourth-order valence-electron chi connectivity index (χ4n) is 3.95. The molecule has 3 aromatic heterocycles.